The molecule has 2 rings (SSSR count). The molecule has 1 aliphatic rings. The van der Waals surface area contributed by atoms with Gasteiger partial charge in [-0.15, -0.1) is 0 Å². The Labute approximate surface area is 119 Å². The number of nitrogens with zero attached hydrogens (tertiary/aromatic N) is 1. The monoisotopic (exact) mass is 275 g/mol. The maximum Gasteiger partial charge on any atom is 0.410 e. The summed E-state index contributed by atoms with van der Waals surface area (Å²) >= 11 is 0. The Kier molecular flexibility index (Phi) is 4.12. The van der Waals surface area contributed by atoms with E-state index in [0.717, 1.165) is 24.7 Å². The third kappa shape index (κ3) is 3.59. The number of carbonyl (C=O) groups excluding carboxylic acids is 2. The zero-order valence-corrected chi connectivity index (χ0v) is 12.3. The molecule has 0 spiro atoms. The summed E-state index contributed by atoms with van der Waals surface area (Å²) in [7, 11) is 0. The van der Waals surface area contributed by atoms with Crippen LogP contribution >= 0.6 is 0 Å². The Morgan fingerprint density at radius 2 is 1.85 bits per heavy atom. The zero-order valence-electron chi connectivity index (χ0n) is 12.3. The van der Waals surface area contributed by atoms with Gasteiger partial charge in [0.05, 0.1) is 0 Å². The second-order valence-corrected chi connectivity index (χ2v) is 6.11. The van der Waals surface area contributed by atoms with Gasteiger partial charge in [-0.1, -0.05) is 12.1 Å². The van der Waals surface area contributed by atoms with E-state index in [1.807, 2.05) is 39.0 Å². The van der Waals surface area contributed by atoms with Crippen molar-refractivity contribution >= 4 is 12.4 Å². The van der Waals surface area contributed by atoms with Gasteiger partial charge in [-0.3, -0.25) is 4.79 Å². The second kappa shape index (κ2) is 5.65. The molecule has 1 aliphatic heterocycles. The van der Waals surface area contributed by atoms with Crippen molar-refractivity contribution in [3.8, 4) is 0 Å². The average molecular weight is 275 g/mol. The number of rotatable bonds is 1. The highest BCUT2D eigenvalue weighted by molar-refractivity contribution is 5.75. The van der Waals surface area contributed by atoms with Gasteiger partial charge in [-0.05, 0) is 50.8 Å². The SMILES string of the molecule is CC(C)(C)OC(=O)N1CCc2ccc(C=O)cc2CC1. The summed E-state index contributed by atoms with van der Waals surface area (Å²) < 4.78 is 5.41. The van der Waals surface area contributed by atoms with E-state index in [2.05, 4.69) is 0 Å². The van der Waals surface area contributed by atoms with Crippen LogP contribution in [0, 0.1) is 0 Å². The van der Waals surface area contributed by atoms with Crippen molar-refractivity contribution in [2.45, 2.75) is 39.2 Å². The summed E-state index contributed by atoms with van der Waals surface area (Å²) in [6, 6.07) is 5.73. The van der Waals surface area contributed by atoms with E-state index in [0.29, 0.717) is 18.7 Å². The van der Waals surface area contributed by atoms with Crippen molar-refractivity contribution in [1.82, 2.24) is 4.90 Å². The van der Waals surface area contributed by atoms with Crippen LogP contribution in [0.15, 0.2) is 18.2 Å². The van der Waals surface area contributed by atoms with Crippen LogP contribution in [-0.2, 0) is 17.6 Å². The molecule has 0 aliphatic carbocycles. The molecule has 0 bridgehead atoms. The van der Waals surface area contributed by atoms with E-state index in [4.69, 9.17) is 4.74 Å². The Morgan fingerprint density at radius 3 is 2.45 bits per heavy atom. The van der Waals surface area contributed by atoms with E-state index < -0.39 is 5.60 Å². The van der Waals surface area contributed by atoms with Crippen LogP contribution in [0.1, 0.15) is 42.3 Å². The van der Waals surface area contributed by atoms with Crippen LogP contribution in [-0.4, -0.2) is 36.0 Å². The molecule has 20 heavy (non-hydrogen) atoms. The molecule has 0 atom stereocenters. The van der Waals surface area contributed by atoms with E-state index in [1.54, 1.807) is 4.90 Å². The number of amides is 1. The highest BCUT2D eigenvalue weighted by atomic mass is 16.6. The van der Waals surface area contributed by atoms with Crippen LogP contribution < -0.4 is 0 Å². The molecule has 0 fully saturated rings. The van der Waals surface area contributed by atoms with Crippen LogP contribution in [0.2, 0.25) is 0 Å². The molecule has 1 aromatic carbocycles. The Balaban J connectivity index is 2.08. The zero-order chi connectivity index (χ0) is 14.8. The number of ether oxygens (including phenoxy) is 1. The predicted octanol–water partition coefficient (Wildman–Crippen LogP) is 2.83. The van der Waals surface area contributed by atoms with Gasteiger partial charge in [0.1, 0.15) is 11.9 Å². The van der Waals surface area contributed by atoms with E-state index in [9.17, 15) is 9.59 Å². The number of hydrogen-bond donors (Lipinski definition) is 0. The fourth-order valence-corrected chi connectivity index (χ4v) is 2.33. The molecular formula is C16H21NO3. The smallest absolute Gasteiger partial charge is 0.410 e. The highest BCUT2D eigenvalue weighted by Crippen LogP contribution is 2.19. The summed E-state index contributed by atoms with van der Waals surface area (Å²) in [5.41, 5.74) is 2.58. The first-order valence-corrected chi connectivity index (χ1v) is 6.94. The van der Waals surface area contributed by atoms with Gasteiger partial charge in [0, 0.05) is 18.7 Å². The fourth-order valence-electron chi connectivity index (χ4n) is 2.33. The van der Waals surface area contributed by atoms with Gasteiger partial charge >= 0.3 is 6.09 Å². The molecule has 0 radical (unpaired) electrons. The normalized spacial score (nSPS) is 15.2. The maximum absolute atomic E-state index is 12.1. The van der Waals surface area contributed by atoms with Gasteiger partial charge in [0.15, 0.2) is 0 Å². The number of hydrogen-bond acceptors (Lipinski definition) is 3. The minimum absolute atomic E-state index is 0.263. The lowest BCUT2D eigenvalue weighted by atomic mass is 10.0. The van der Waals surface area contributed by atoms with Gasteiger partial charge in [0.2, 0.25) is 0 Å². The fraction of sp³-hybridized carbons (Fsp3) is 0.500. The molecule has 1 heterocycles. The quantitative estimate of drug-likeness (QED) is 0.740. The lowest BCUT2D eigenvalue weighted by Crippen LogP contribution is -2.38. The van der Waals surface area contributed by atoms with Crippen molar-refractivity contribution in [3.63, 3.8) is 0 Å². The molecule has 1 amide bonds. The molecule has 0 unspecified atom stereocenters. The first-order valence-electron chi connectivity index (χ1n) is 6.94. The first kappa shape index (κ1) is 14.6. The largest absolute Gasteiger partial charge is 0.444 e. The van der Waals surface area contributed by atoms with Gasteiger partial charge in [-0.2, -0.15) is 0 Å². The van der Waals surface area contributed by atoms with Crippen LogP contribution in [0.25, 0.3) is 0 Å². The molecule has 4 nitrogen and oxygen atoms in total. The minimum Gasteiger partial charge on any atom is -0.444 e. The molecule has 0 N–H and O–H groups in total. The highest BCUT2D eigenvalue weighted by Gasteiger charge is 2.24. The first-order chi connectivity index (χ1) is 9.39. The molecule has 0 aromatic heterocycles. The maximum atomic E-state index is 12.1. The Bertz CT molecular complexity index is 517. The van der Waals surface area contributed by atoms with Crippen molar-refractivity contribution < 1.29 is 14.3 Å². The summed E-state index contributed by atoms with van der Waals surface area (Å²) in [5.74, 6) is 0. The van der Waals surface area contributed by atoms with Gasteiger partial charge < -0.3 is 9.64 Å². The third-order valence-electron chi connectivity index (χ3n) is 3.32. The standard InChI is InChI=1S/C16H21NO3/c1-16(2,3)20-15(19)17-8-6-13-5-4-12(11-18)10-14(13)7-9-17/h4-5,10-11H,6-9H2,1-3H3. The van der Waals surface area contributed by atoms with Crippen molar-refractivity contribution in [1.29, 1.82) is 0 Å². The lowest BCUT2D eigenvalue weighted by molar-refractivity contribution is 0.0258. The molecule has 0 saturated heterocycles. The summed E-state index contributed by atoms with van der Waals surface area (Å²) in [4.78, 5) is 24.7. The van der Waals surface area contributed by atoms with Crippen molar-refractivity contribution in [2.24, 2.45) is 0 Å². The van der Waals surface area contributed by atoms with Crippen LogP contribution in [0.3, 0.4) is 0 Å². The van der Waals surface area contributed by atoms with Gasteiger partial charge in [-0.25, -0.2) is 4.79 Å². The average Bonchev–Trinajstić information content (AvgIpc) is 2.58. The van der Waals surface area contributed by atoms with E-state index in [-0.39, 0.29) is 6.09 Å². The van der Waals surface area contributed by atoms with Crippen LogP contribution in [0.5, 0.6) is 0 Å². The summed E-state index contributed by atoms with van der Waals surface area (Å²) in [5, 5.41) is 0. The van der Waals surface area contributed by atoms with Crippen LogP contribution in [0.4, 0.5) is 4.79 Å². The Hall–Kier alpha value is -1.84. The van der Waals surface area contributed by atoms with Crippen molar-refractivity contribution in [3.05, 3.63) is 34.9 Å². The van der Waals surface area contributed by atoms with E-state index in [1.165, 1.54) is 5.56 Å². The molecular weight excluding hydrogens is 254 g/mol. The third-order valence-corrected chi connectivity index (χ3v) is 3.32. The topological polar surface area (TPSA) is 46.6 Å². The number of carbonyl (C=O) groups is 2. The number of aldehydes is 1. The summed E-state index contributed by atoms with van der Waals surface area (Å²) in [6.07, 6.45) is 2.15. The Morgan fingerprint density at radius 1 is 1.20 bits per heavy atom. The minimum atomic E-state index is -0.471. The molecule has 4 heteroatoms. The summed E-state index contributed by atoms with van der Waals surface area (Å²) in [6.45, 7) is 6.89. The molecule has 0 saturated carbocycles. The predicted molar refractivity (Wildman–Crippen MR) is 77.0 cm³/mol. The second-order valence-electron chi connectivity index (χ2n) is 6.11. The molecule has 108 valence electrons. The van der Waals surface area contributed by atoms with Gasteiger partial charge in [0.25, 0.3) is 0 Å². The van der Waals surface area contributed by atoms with Crippen molar-refractivity contribution in [2.75, 3.05) is 13.1 Å². The lowest BCUT2D eigenvalue weighted by Gasteiger charge is -2.26. The number of benzene rings is 1. The molecule has 1 aromatic rings. The number of fused-ring (bicyclic) bond motifs is 1. The van der Waals surface area contributed by atoms with E-state index >= 15 is 0 Å².